The Hall–Kier alpha value is -3.70. The van der Waals surface area contributed by atoms with Gasteiger partial charge in [-0.1, -0.05) is 39.0 Å². The third-order valence-electron chi connectivity index (χ3n) is 5.56. The molecule has 0 aliphatic carbocycles. The van der Waals surface area contributed by atoms with Crippen molar-refractivity contribution in [1.82, 2.24) is 21.3 Å². The first-order valence-electron chi connectivity index (χ1n) is 12.8. The van der Waals surface area contributed by atoms with Gasteiger partial charge in [-0.05, 0) is 25.0 Å². The number of phenols is 1. The maximum Gasteiger partial charge on any atom is 0.407 e. The van der Waals surface area contributed by atoms with Crippen LogP contribution in [0.4, 0.5) is 4.79 Å². The van der Waals surface area contributed by atoms with Gasteiger partial charge in [0.25, 0.3) is 5.91 Å². The van der Waals surface area contributed by atoms with Crippen molar-refractivity contribution in [2.24, 2.45) is 4.99 Å². The Balaban J connectivity index is 1.72. The Morgan fingerprint density at radius 3 is 2.62 bits per heavy atom. The molecule has 6 N–H and O–H groups in total. The summed E-state index contributed by atoms with van der Waals surface area (Å²) in [4.78, 5) is 40.2. The van der Waals surface area contributed by atoms with E-state index in [4.69, 9.17) is 9.47 Å². The molecule has 0 radical (unpaired) electrons. The summed E-state index contributed by atoms with van der Waals surface area (Å²) in [6.07, 6.45) is 6.31. The van der Waals surface area contributed by atoms with E-state index in [1.807, 2.05) is 0 Å². The molecular weight excluding hydrogens is 482 g/mol. The molecule has 12 heteroatoms. The van der Waals surface area contributed by atoms with Crippen molar-refractivity contribution in [2.75, 3.05) is 39.4 Å². The molecule has 0 unspecified atom stereocenters. The Bertz CT molecular complexity index is 909. The van der Waals surface area contributed by atoms with E-state index in [0.29, 0.717) is 25.3 Å². The molecule has 1 aromatic carbocycles. The van der Waals surface area contributed by atoms with E-state index >= 15 is 0 Å². The number of ether oxygens (including phenoxy) is 2. The van der Waals surface area contributed by atoms with Crippen molar-refractivity contribution in [3.05, 3.63) is 23.8 Å². The van der Waals surface area contributed by atoms with Gasteiger partial charge in [-0.3, -0.25) is 9.79 Å². The number of aliphatic carboxylic acids is 1. The van der Waals surface area contributed by atoms with E-state index in [0.717, 1.165) is 51.2 Å². The van der Waals surface area contributed by atoms with Gasteiger partial charge in [-0.15, -0.1) is 0 Å². The van der Waals surface area contributed by atoms with Crippen LogP contribution >= 0.6 is 0 Å². The first-order chi connectivity index (χ1) is 17.9. The summed E-state index contributed by atoms with van der Waals surface area (Å²) >= 11 is 0. The number of alkyl carbamates (subject to hydrolysis) is 1. The summed E-state index contributed by atoms with van der Waals surface area (Å²) in [5.41, 5.74) is -0.0546. The van der Waals surface area contributed by atoms with Crippen LogP contribution in [0.3, 0.4) is 0 Å². The minimum atomic E-state index is -1.39. The molecule has 1 aliphatic heterocycles. The third-order valence-corrected chi connectivity index (χ3v) is 5.56. The molecule has 206 valence electrons. The average Bonchev–Trinajstić information content (AvgIpc) is 2.89. The van der Waals surface area contributed by atoms with Crippen LogP contribution in [-0.4, -0.2) is 79.6 Å². The number of guanidine groups is 1. The molecule has 1 heterocycles. The summed E-state index contributed by atoms with van der Waals surface area (Å²) < 4.78 is 10.6. The van der Waals surface area contributed by atoms with Gasteiger partial charge in [0.2, 0.25) is 0 Å². The van der Waals surface area contributed by atoms with Crippen molar-refractivity contribution in [3.8, 4) is 11.5 Å². The third kappa shape index (κ3) is 11.7. The van der Waals surface area contributed by atoms with Crippen LogP contribution in [0.25, 0.3) is 0 Å². The molecule has 1 atom stereocenters. The number of unbranched alkanes of at least 4 members (excludes halogenated alkanes) is 5. The van der Waals surface area contributed by atoms with Gasteiger partial charge in [-0.25, -0.2) is 9.59 Å². The molecule has 1 aliphatic rings. The van der Waals surface area contributed by atoms with Crippen LogP contribution in [0.2, 0.25) is 0 Å². The van der Waals surface area contributed by atoms with Gasteiger partial charge in [0.1, 0.15) is 24.1 Å². The topological polar surface area (TPSA) is 171 Å². The highest BCUT2D eigenvalue weighted by molar-refractivity contribution is 5.97. The maximum absolute atomic E-state index is 12.5. The number of hydrogen-bond acceptors (Lipinski definition) is 9. The number of rotatable bonds is 16. The molecular formula is C25H39N5O7. The number of phenolic OH excluding ortho intramolecular Hbond substituents is 1. The molecule has 0 saturated carbocycles. The second kappa shape index (κ2) is 16.9. The number of benzene rings is 1. The lowest BCUT2D eigenvalue weighted by molar-refractivity contribution is -0.139. The average molecular weight is 522 g/mol. The van der Waals surface area contributed by atoms with E-state index in [2.05, 4.69) is 33.2 Å². The molecule has 2 rings (SSSR count). The summed E-state index contributed by atoms with van der Waals surface area (Å²) in [7, 11) is 0. The Morgan fingerprint density at radius 2 is 1.92 bits per heavy atom. The molecule has 12 nitrogen and oxygen atoms in total. The zero-order valence-electron chi connectivity index (χ0n) is 21.4. The molecule has 0 aromatic heterocycles. The molecule has 0 bridgehead atoms. The minimum absolute atomic E-state index is 0.0546. The highest BCUT2D eigenvalue weighted by atomic mass is 16.5. The number of carbonyl (C=O) groups excluding carboxylic acids is 2. The maximum atomic E-state index is 12.5. The predicted molar refractivity (Wildman–Crippen MR) is 138 cm³/mol. The fraction of sp³-hybridized carbons (Fsp3) is 0.600. The quantitative estimate of drug-likeness (QED) is 0.178. The summed E-state index contributed by atoms with van der Waals surface area (Å²) in [5.74, 6) is -1.25. The molecule has 37 heavy (non-hydrogen) atoms. The summed E-state index contributed by atoms with van der Waals surface area (Å²) in [6.45, 7) is 4.40. The zero-order chi connectivity index (χ0) is 26.9. The number of carboxylic acid groups (broad SMARTS) is 1. The van der Waals surface area contributed by atoms with Gasteiger partial charge >= 0.3 is 12.1 Å². The van der Waals surface area contributed by atoms with Crippen molar-refractivity contribution in [3.63, 3.8) is 0 Å². The van der Waals surface area contributed by atoms with Gasteiger partial charge in [0, 0.05) is 25.7 Å². The smallest absolute Gasteiger partial charge is 0.407 e. The van der Waals surface area contributed by atoms with Crippen molar-refractivity contribution in [2.45, 2.75) is 57.9 Å². The number of nitrogens with zero attached hydrogens (tertiary/aromatic N) is 1. The molecule has 0 fully saturated rings. The SMILES string of the molecule is CCCCCCCCOC(=O)N[C@@H](CNC(=O)c1ccc(OCCNC2=NCCCN2)cc1O)C(=O)O. The molecule has 1 aromatic rings. The Kier molecular flexibility index (Phi) is 13.5. The number of nitrogens with one attached hydrogen (secondary N) is 4. The van der Waals surface area contributed by atoms with Crippen molar-refractivity contribution in [1.29, 1.82) is 0 Å². The lowest BCUT2D eigenvalue weighted by atomic mass is 10.1. The van der Waals surface area contributed by atoms with Gasteiger partial charge in [0.05, 0.1) is 18.7 Å². The molecule has 0 saturated heterocycles. The lowest BCUT2D eigenvalue weighted by Gasteiger charge is -2.16. The highest BCUT2D eigenvalue weighted by Crippen LogP contribution is 2.23. The second-order valence-corrected chi connectivity index (χ2v) is 8.61. The number of hydrogen-bond donors (Lipinski definition) is 6. The first-order valence-corrected chi connectivity index (χ1v) is 12.8. The van der Waals surface area contributed by atoms with Gasteiger partial charge in [-0.2, -0.15) is 0 Å². The number of amides is 2. The second-order valence-electron chi connectivity index (χ2n) is 8.61. The number of carboxylic acids is 1. The molecule has 0 spiro atoms. The van der Waals surface area contributed by atoms with Crippen LogP contribution in [0.15, 0.2) is 23.2 Å². The summed E-state index contributed by atoms with van der Waals surface area (Å²) in [6, 6.07) is 2.81. The van der Waals surface area contributed by atoms with E-state index in [1.165, 1.54) is 24.6 Å². The van der Waals surface area contributed by atoms with Crippen LogP contribution in [0.1, 0.15) is 62.2 Å². The normalized spacial score (nSPS) is 13.5. The van der Waals surface area contributed by atoms with Crippen LogP contribution in [-0.2, 0) is 9.53 Å². The van der Waals surface area contributed by atoms with E-state index in [-0.39, 0.29) is 24.5 Å². The van der Waals surface area contributed by atoms with Crippen LogP contribution in [0, 0.1) is 0 Å². The van der Waals surface area contributed by atoms with Crippen LogP contribution in [0.5, 0.6) is 11.5 Å². The highest BCUT2D eigenvalue weighted by Gasteiger charge is 2.22. The molecule has 2 amide bonds. The standard InChI is InChI=1S/C25H39N5O7/c1-2-3-4-5-6-7-14-37-25(35)30-20(23(33)34)17-29-22(32)19-10-9-18(16-21(19)31)36-15-13-28-24-26-11-8-12-27-24/h9-10,16,20,31H,2-8,11-15,17H2,1H3,(H,29,32)(H,30,35)(H,33,34)(H2,26,27,28)/t20-/m0/s1. The monoisotopic (exact) mass is 521 g/mol. The largest absolute Gasteiger partial charge is 0.507 e. The Labute approximate surface area is 217 Å². The Morgan fingerprint density at radius 1 is 1.14 bits per heavy atom. The first kappa shape index (κ1) is 29.5. The fourth-order valence-electron chi connectivity index (χ4n) is 3.50. The van der Waals surface area contributed by atoms with E-state index in [9.17, 15) is 24.6 Å². The van der Waals surface area contributed by atoms with Crippen molar-refractivity contribution >= 4 is 23.9 Å². The minimum Gasteiger partial charge on any atom is -0.507 e. The van der Waals surface area contributed by atoms with Gasteiger partial charge in [0.15, 0.2) is 5.96 Å². The summed E-state index contributed by atoms with van der Waals surface area (Å²) in [5, 5.41) is 30.5. The number of aliphatic imine (C=N–C) groups is 1. The predicted octanol–water partition coefficient (Wildman–Crippen LogP) is 1.98. The fourth-order valence-corrected chi connectivity index (χ4v) is 3.50. The van der Waals surface area contributed by atoms with Gasteiger partial charge < -0.3 is 41.0 Å². The number of aromatic hydroxyl groups is 1. The van der Waals surface area contributed by atoms with Crippen molar-refractivity contribution < 1.29 is 34.1 Å². The van der Waals surface area contributed by atoms with E-state index < -0.39 is 24.0 Å². The number of carbonyl (C=O) groups is 3. The van der Waals surface area contributed by atoms with E-state index in [1.54, 1.807) is 0 Å². The lowest BCUT2D eigenvalue weighted by Crippen LogP contribution is -2.48. The zero-order valence-corrected chi connectivity index (χ0v) is 21.4. The van der Waals surface area contributed by atoms with Crippen LogP contribution < -0.4 is 26.0 Å².